The minimum absolute atomic E-state index is 0.152. The number of amides is 1. The first kappa shape index (κ1) is 23.4. The van der Waals surface area contributed by atoms with Crippen LogP contribution in [0.15, 0.2) is 66.7 Å². The van der Waals surface area contributed by atoms with Crippen molar-refractivity contribution in [3.05, 3.63) is 94.0 Å². The summed E-state index contributed by atoms with van der Waals surface area (Å²) < 4.78 is 5.51. The summed E-state index contributed by atoms with van der Waals surface area (Å²) in [6.45, 7) is 4.98. The highest BCUT2D eigenvalue weighted by atomic mass is 35.5. The van der Waals surface area contributed by atoms with E-state index in [-0.39, 0.29) is 19.1 Å². The molecule has 0 fully saturated rings. The normalized spacial score (nSPS) is 10.6. The standard InChI is InChI=1S/C26H26ClNO4/c1-3-28(26(31)32-17-19-7-5-4-6-8-19)16-22-13-18(2)9-11-23(22)20-10-12-24(27)21(14-20)15-25(29)30/h4-14H,3,15-17H2,1-2H3,(H,29,30). The van der Waals surface area contributed by atoms with E-state index in [1.807, 2.05) is 68.4 Å². The summed E-state index contributed by atoms with van der Waals surface area (Å²) in [5.74, 6) is -0.938. The molecule has 0 radical (unpaired) electrons. The van der Waals surface area contributed by atoms with Crippen LogP contribution in [0.25, 0.3) is 11.1 Å². The lowest BCUT2D eigenvalue weighted by Crippen LogP contribution is -2.31. The zero-order valence-electron chi connectivity index (χ0n) is 18.2. The number of hydrogen-bond donors (Lipinski definition) is 1. The number of aliphatic carboxylic acids is 1. The number of benzene rings is 3. The summed E-state index contributed by atoms with van der Waals surface area (Å²) in [6, 6.07) is 21.0. The molecule has 3 rings (SSSR count). The Balaban J connectivity index is 1.84. The number of carbonyl (C=O) groups is 2. The van der Waals surface area contributed by atoms with Crippen LogP contribution in [0.3, 0.4) is 0 Å². The van der Waals surface area contributed by atoms with Gasteiger partial charge in [-0.3, -0.25) is 4.79 Å². The summed E-state index contributed by atoms with van der Waals surface area (Å²) >= 11 is 6.19. The van der Waals surface area contributed by atoms with Gasteiger partial charge in [-0.2, -0.15) is 0 Å². The van der Waals surface area contributed by atoms with Gasteiger partial charge in [-0.05, 0) is 53.8 Å². The fourth-order valence-electron chi connectivity index (χ4n) is 3.50. The Bertz CT molecular complexity index is 1100. The number of halogens is 1. The molecule has 1 amide bonds. The van der Waals surface area contributed by atoms with Crippen LogP contribution in [0, 0.1) is 6.92 Å². The van der Waals surface area contributed by atoms with E-state index in [9.17, 15) is 14.7 Å². The highest BCUT2D eigenvalue weighted by Crippen LogP contribution is 2.30. The van der Waals surface area contributed by atoms with E-state index in [2.05, 4.69) is 0 Å². The molecule has 0 aliphatic heterocycles. The van der Waals surface area contributed by atoms with E-state index in [1.54, 1.807) is 17.0 Å². The first-order chi connectivity index (χ1) is 15.4. The smallest absolute Gasteiger partial charge is 0.410 e. The molecule has 0 aromatic heterocycles. The second-order valence-corrected chi connectivity index (χ2v) is 8.00. The van der Waals surface area contributed by atoms with E-state index in [4.69, 9.17) is 16.3 Å². The van der Waals surface area contributed by atoms with Crippen LogP contribution in [0.1, 0.15) is 29.2 Å². The van der Waals surface area contributed by atoms with E-state index in [0.717, 1.165) is 27.8 Å². The monoisotopic (exact) mass is 451 g/mol. The lowest BCUT2D eigenvalue weighted by molar-refractivity contribution is -0.136. The molecule has 0 heterocycles. The van der Waals surface area contributed by atoms with Gasteiger partial charge in [0, 0.05) is 18.1 Å². The lowest BCUT2D eigenvalue weighted by Gasteiger charge is -2.22. The number of hydrogen-bond acceptors (Lipinski definition) is 3. The van der Waals surface area contributed by atoms with Crippen molar-refractivity contribution >= 4 is 23.7 Å². The number of carbonyl (C=O) groups excluding carboxylic acids is 1. The molecule has 0 saturated heterocycles. The molecular formula is C26H26ClNO4. The number of nitrogens with zero attached hydrogens (tertiary/aromatic N) is 1. The van der Waals surface area contributed by atoms with Gasteiger partial charge >= 0.3 is 12.1 Å². The van der Waals surface area contributed by atoms with Gasteiger partial charge in [-0.25, -0.2) is 4.79 Å². The summed E-state index contributed by atoms with van der Waals surface area (Å²) in [7, 11) is 0. The Morgan fingerprint density at radius 3 is 2.44 bits per heavy atom. The van der Waals surface area contributed by atoms with Gasteiger partial charge in [-0.15, -0.1) is 0 Å². The van der Waals surface area contributed by atoms with Crippen molar-refractivity contribution in [1.29, 1.82) is 0 Å². The van der Waals surface area contributed by atoms with Crippen LogP contribution in [-0.4, -0.2) is 28.6 Å². The Hall–Kier alpha value is -3.31. The fraction of sp³-hybridized carbons (Fsp3) is 0.231. The number of carboxylic acid groups (broad SMARTS) is 1. The second-order valence-electron chi connectivity index (χ2n) is 7.59. The summed E-state index contributed by atoms with van der Waals surface area (Å²) in [5.41, 5.74) is 5.28. The van der Waals surface area contributed by atoms with Crippen LogP contribution < -0.4 is 0 Å². The zero-order valence-corrected chi connectivity index (χ0v) is 18.9. The van der Waals surface area contributed by atoms with Crippen molar-refractivity contribution in [2.24, 2.45) is 0 Å². The van der Waals surface area contributed by atoms with Gasteiger partial charge in [0.25, 0.3) is 0 Å². The second kappa shape index (κ2) is 10.8. The van der Waals surface area contributed by atoms with Gasteiger partial charge in [-0.1, -0.05) is 71.8 Å². The number of rotatable bonds is 8. The topological polar surface area (TPSA) is 66.8 Å². The molecule has 0 saturated carbocycles. The highest BCUT2D eigenvalue weighted by molar-refractivity contribution is 6.31. The molecule has 3 aromatic rings. The predicted molar refractivity (Wildman–Crippen MR) is 126 cm³/mol. The molecule has 1 N–H and O–H groups in total. The van der Waals surface area contributed by atoms with E-state index in [0.29, 0.717) is 23.7 Å². The number of aryl methyl sites for hydroxylation is 1. The van der Waals surface area contributed by atoms with Crippen molar-refractivity contribution in [3.8, 4) is 11.1 Å². The molecule has 166 valence electrons. The molecule has 0 aliphatic rings. The molecule has 3 aromatic carbocycles. The molecule has 5 nitrogen and oxygen atoms in total. The van der Waals surface area contributed by atoms with Crippen LogP contribution in [0.5, 0.6) is 0 Å². The van der Waals surface area contributed by atoms with Crippen molar-refractivity contribution in [2.45, 2.75) is 33.4 Å². The average molecular weight is 452 g/mol. The molecule has 32 heavy (non-hydrogen) atoms. The van der Waals surface area contributed by atoms with Crippen LogP contribution in [0.2, 0.25) is 5.02 Å². The third-order valence-electron chi connectivity index (χ3n) is 5.17. The summed E-state index contributed by atoms with van der Waals surface area (Å²) in [4.78, 5) is 25.6. The van der Waals surface area contributed by atoms with Gasteiger partial charge in [0.2, 0.25) is 0 Å². The maximum absolute atomic E-state index is 12.7. The molecular weight excluding hydrogens is 426 g/mol. The van der Waals surface area contributed by atoms with Crippen molar-refractivity contribution < 1.29 is 19.4 Å². The Morgan fingerprint density at radius 1 is 1.00 bits per heavy atom. The van der Waals surface area contributed by atoms with Gasteiger partial charge in [0.15, 0.2) is 0 Å². The van der Waals surface area contributed by atoms with E-state index < -0.39 is 5.97 Å². The predicted octanol–water partition coefficient (Wildman–Crippen LogP) is 6.10. The van der Waals surface area contributed by atoms with Gasteiger partial charge in [0.05, 0.1) is 6.42 Å². The SMILES string of the molecule is CCN(Cc1cc(C)ccc1-c1ccc(Cl)c(CC(=O)O)c1)C(=O)OCc1ccccc1. The third-order valence-corrected chi connectivity index (χ3v) is 5.53. The number of ether oxygens (including phenoxy) is 1. The Labute approximate surface area is 193 Å². The van der Waals surface area contributed by atoms with Crippen molar-refractivity contribution in [2.75, 3.05) is 6.54 Å². The minimum atomic E-state index is -0.938. The maximum Gasteiger partial charge on any atom is 0.410 e. The minimum Gasteiger partial charge on any atom is -0.481 e. The van der Waals surface area contributed by atoms with Crippen LogP contribution in [0.4, 0.5) is 4.79 Å². The first-order valence-corrected chi connectivity index (χ1v) is 10.8. The molecule has 6 heteroatoms. The van der Waals surface area contributed by atoms with Crippen LogP contribution in [-0.2, 0) is 29.1 Å². The fourth-order valence-corrected chi connectivity index (χ4v) is 3.68. The maximum atomic E-state index is 12.7. The Morgan fingerprint density at radius 2 is 1.75 bits per heavy atom. The first-order valence-electron chi connectivity index (χ1n) is 10.4. The lowest BCUT2D eigenvalue weighted by atomic mass is 9.95. The van der Waals surface area contributed by atoms with Crippen molar-refractivity contribution in [3.63, 3.8) is 0 Å². The Kier molecular flexibility index (Phi) is 7.90. The molecule has 0 spiro atoms. The molecule has 0 atom stereocenters. The zero-order chi connectivity index (χ0) is 23.1. The summed E-state index contributed by atoms with van der Waals surface area (Å²) in [5, 5.41) is 9.59. The van der Waals surface area contributed by atoms with Crippen LogP contribution >= 0.6 is 11.6 Å². The third kappa shape index (κ3) is 6.11. The number of carboxylic acids is 1. The van der Waals surface area contributed by atoms with Gasteiger partial charge in [0.1, 0.15) is 6.61 Å². The van der Waals surface area contributed by atoms with Gasteiger partial charge < -0.3 is 14.7 Å². The highest BCUT2D eigenvalue weighted by Gasteiger charge is 2.17. The molecule has 0 bridgehead atoms. The van der Waals surface area contributed by atoms with E-state index in [1.165, 1.54) is 0 Å². The average Bonchev–Trinajstić information content (AvgIpc) is 2.78. The summed E-state index contributed by atoms with van der Waals surface area (Å²) in [6.07, 6.45) is -0.535. The van der Waals surface area contributed by atoms with E-state index >= 15 is 0 Å². The largest absolute Gasteiger partial charge is 0.481 e. The molecule has 0 unspecified atom stereocenters. The quantitative estimate of drug-likeness (QED) is 0.449. The molecule has 0 aliphatic carbocycles. The van der Waals surface area contributed by atoms with Crippen molar-refractivity contribution in [1.82, 2.24) is 4.90 Å².